The van der Waals surface area contributed by atoms with Gasteiger partial charge in [0.2, 0.25) is 5.91 Å². The summed E-state index contributed by atoms with van der Waals surface area (Å²) in [6.45, 7) is 4.48. The fourth-order valence-electron chi connectivity index (χ4n) is 2.33. The van der Waals surface area contributed by atoms with Crippen LogP contribution in [0.2, 0.25) is 0 Å². The highest BCUT2D eigenvalue weighted by Crippen LogP contribution is 2.27. The van der Waals surface area contributed by atoms with Gasteiger partial charge < -0.3 is 14.8 Å². The highest BCUT2D eigenvalue weighted by atomic mass is 32.1. The minimum absolute atomic E-state index is 0.0252. The van der Waals surface area contributed by atoms with Crippen molar-refractivity contribution in [2.24, 2.45) is 0 Å². The summed E-state index contributed by atoms with van der Waals surface area (Å²) < 4.78 is 10.5. The smallest absolute Gasteiger partial charge is 0.225 e. The van der Waals surface area contributed by atoms with Gasteiger partial charge >= 0.3 is 0 Å². The van der Waals surface area contributed by atoms with Gasteiger partial charge in [0.1, 0.15) is 0 Å². The Kier molecular flexibility index (Phi) is 5.98. The maximum Gasteiger partial charge on any atom is 0.225 e. The standard InChI is InChI=1S/C17H22N2O3S/c1-11-16(23-12(2)19-11)10-17(20)18-8-7-13-5-6-14(21-3)15(9-13)22-4/h5-6,9H,7-8,10H2,1-4H3,(H,18,20). The van der Waals surface area contributed by atoms with Crippen LogP contribution in [0.3, 0.4) is 0 Å². The number of hydrogen-bond acceptors (Lipinski definition) is 5. The van der Waals surface area contributed by atoms with E-state index >= 15 is 0 Å². The van der Waals surface area contributed by atoms with Gasteiger partial charge in [0.15, 0.2) is 11.5 Å². The summed E-state index contributed by atoms with van der Waals surface area (Å²) in [4.78, 5) is 17.4. The summed E-state index contributed by atoms with van der Waals surface area (Å²) in [7, 11) is 3.23. The summed E-state index contributed by atoms with van der Waals surface area (Å²) in [5.74, 6) is 1.43. The lowest BCUT2D eigenvalue weighted by molar-refractivity contribution is -0.120. The summed E-state index contributed by atoms with van der Waals surface area (Å²) in [6, 6.07) is 5.78. The SMILES string of the molecule is COc1ccc(CCNC(=O)Cc2sc(C)nc2C)cc1OC. The van der Waals surface area contributed by atoms with E-state index in [9.17, 15) is 4.79 Å². The molecule has 0 saturated heterocycles. The summed E-state index contributed by atoms with van der Waals surface area (Å²) in [5.41, 5.74) is 2.04. The van der Waals surface area contributed by atoms with Gasteiger partial charge in [0.05, 0.1) is 31.3 Å². The van der Waals surface area contributed by atoms with Crippen molar-refractivity contribution >= 4 is 17.2 Å². The first-order valence-corrected chi connectivity index (χ1v) is 8.25. The van der Waals surface area contributed by atoms with Crippen LogP contribution >= 0.6 is 11.3 Å². The molecule has 124 valence electrons. The number of nitrogens with one attached hydrogen (secondary N) is 1. The molecular weight excluding hydrogens is 312 g/mol. The molecule has 1 heterocycles. The molecule has 0 bridgehead atoms. The molecule has 1 amide bonds. The first-order valence-electron chi connectivity index (χ1n) is 7.44. The number of aromatic nitrogens is 1. The van der Waals surface area contributed by atoms with E-state index in [0.29, 0.717) is 24.5 Å². The highest BCUT2D eigenvalue weighted by Gasteiger charge is 2.10. The maximum absolute atomic E-state index is 12.0. The van der Waals surface area contributed by atoms with Gasteiger partial charge in [0, 0.05) is 11.4 Å². The first-order chi connectivity index (χ1) is 11.0. The van der Waals surface area contributed by atoms with E-state index in [1.54, 1.807) is 25.6 Å². The maximum atomic E-state index is 12.0. The average Bonchev–Trinajstić information content (AvgIpc) is 2.84. The van der Waals surface area contributed by atoms with Crippen molar-refractivity contribution in [3.8, 4) is 11.5 Å². The van der Waals surface area contributed by atoms with Crippen LogP contribution in [-0.2, 0) is 17.6 Å². The van der Waals surface area contributed by atoms with Crippen LogP contribution in [0.25, 0.3) is 0 Å². The van der Waals surface area contributed by atoms with Gasteiger partial charge in [-0.2, -0.15) is 0 Å². The van der Waals surface area contributed by atoms with Crippen LogP contribution in [0.15, 0.2) is 18.2 Å². The van der Waals surface area contributed by atoms with Gasteiger partial charge in [-0.3, -0.25) is 4.79 Å². The van der Waals surface area contributed by atoms with Crippen molar-refractivity contribution in [2.45, 2.75) is 26.7 Å². The fourth-order valence-corrected chi connectivity index (χ4v) is 3.26. The lowest BCUT2D eigenvalue weighted by Crippen LogP contribution is -2.27. The lowest BCUT2D eigenvalue weighted by atomic mass is 10.1. The second kappa shape index (κ2) is 7.97. The molecule has 0 aliphatic carbocycles. The zero-order valence-electron chi connectivity index (χ0n) is 13.9. The molecule has 2 rings (SSSR count). The van der Waals surface area contributed by atoms with Crippen molar-refractivity contribution in [3.05, 3.63) is 39.3 Å². The molecule has 0 saturated carbocycles. The molecule has 6 heteroatoms. The Labute approximate surface area is 140 Å². The quantitative estimate of drug-likeness (QED) is 0.846. The lowest BCUT2D eigenvalue weighted by Gasteiger charge is -2.10. The summed E-state index contributed by atoms with van der Waals surface area (Å²) >= 11 is 1.58. The number of hydrogen-bond donors (Lipinski definition) is 1. The second-order valence-corrected chi connectivity index (χ2v) is 6.50. The number of thiazole rings is 1. The molecule has 5 nitrogen and oxygen atoms in total. The molecule has 0 atom stereocenters. The number of rotatable bonds is 7. The number of carbonyl (C=O) groups is 1. The molecule has 1 N–H and O–H groups in total. The molecular formula is C17H22N2O3S. The zero-order valence-corrected chi connectivity index (χ0v) is 14.8. The van der Waals surface area contributed by atoms with Crippen molar-refractivity contribution in [2.75, 3.05) is 20.8 Å². The van der Waals surface area contributed by atoms with Crippen molar-refractivity contribution in [1.29, 1.82) is 0 Å². The Morgan fingerprint density at radius 2 is 1.96 bits per heavy atom. The van der Waals surface area contributed by atoms with Gasteiger partial charge in [-0.05, 0) is 38.0 Å². The minimum Gasteiger partial charge on any atom is -0.493 e. The largest absolute Gasteiger partial charge is 0.493 e. The predicted molar refractivity (Wildman–Crippen MR) is 91.6 cm³/mol. The summed E-state index contributed by atoms with van der Waals surface area (Å²) in [5, 5.41) is 3.95. The molecule has 1 aromatic carbocycles. The molecule has 23 heavy (non-hydrogen) atoms. The topological polar surface area (TPSA) is 60.5 Å². The second-order valence-electron chi connectivity index (χ2n) is 5.21. The number of benzene rings is 1. The monoisotopic (exact) mass is 334 g/mol. The minimum atomic E-state index is 0.0252. The fraction of sp³-hybridized carbons (Fsp3) is 0.412. The van der Waals surface area contributed by atoms with E-state index in [0.717, 1.165) is 27.6 Å². The number of carbonyl (C=O) groups excluding carboxylic acids is 1. The molecule has 2 aromatic rings. The number of methoxy groups -OCH3 is 2. The van der Waals surface area contributed by atoms with Gasteiger partial charge in [-0.15, -0.1) is 11.3 Å². The van der Waals surface area contributed by atoms with E-state index in [-0.39, 0.29) is 5.91 Å². The highest BCUT2D eigenvalue weighted by molar-refractivity contribution is 7.11. The van der Waals surface area contributed by atoms with Crippen molar-refractivity contribution < 1.29 is 14.3 Å². The number of amides is 1. The molecule has 0 aliphatic heterocycles. The van der Waals surface area contributed by atoms with Gasteiger partial charge in [-0.1, -0.05) is 6.07 Å². The van der Waals surface area contributed by atoms with Gasteiger partial charge in [-0.25, -0.2) is 4.98 Å². The molecule has 0 fully saturated rings. The van der Waals surface area contributed by atoms with Crippen LogP contribution in [-0.4, -0.2) is 31.7 Å². The summed E-state index contributed by atoms with van der Waals surface area (Å²) in [6.07, 6.45) is 1.13. The van der Waals surface area contributed by atoms with E-state index in [4.69, 9.17) is 9.47 Å². The first kappa shape index (κ1) is 17.3. The predicted octanol–water partition coefficient (Wildman–Crippen LogP) is 2.68. The van der Waals surface area contributed by atoms with Crippen molar-refractivity contribution in [3.63, 3.8) is 0 Å². The van der Waals surface area contributed by atoms with Crippen LogP contribution in [0.4, 0.5) is 0 Å². The average molecular weight is 334 g/mol. The molecule has 0 spiro atoms. The van der Waals surface area contributed by atoms with Crippen LogP contribution in [0, 0.1) is 13.8 Å². The Morgan fingerprint density at radius 1 is 1.22 bits per heavy atom. The van der Waals surface area contributed by atoms with Gasteiger partial charge in [0.25, 0.3) is 0 Å². The van der Waals surface area contributed by atoms with E-state index in [1.165, 1.54) is 0 Å². The normalized spacial score (nSPS) is 10.4. The molecule has 1 aromatic heterocycles. The van der Waals surface area contributed by atoms with Crippen LogP contribution < -0.4 is 14.8 Å². The molecule has 0 radical (unpaired) electrons. The third kappa shape index (κ3) is 4.69. The zero-order chi connectivity index (χ0) is 16.8. The Balaban J connectivity index is 1.85. The molecule has 0 aliphatic rings. The Hall–Kier alpha value is -2.08. The number of nitrogens with zero attached hydrogens (tertiary/aromatic N) is 1. The third-order valence-electron chi connectivity index (χ3n) is 3.50. The van der Waals surface area contributed by atoms with Crippen molar-refractivity contribution in [1.82, 2.24) is 10.3 Å². The van der Waals surface area contributed by atoms with E-state index in [2.05, 4.69) is 10.3 Å². The number of aryl methyl sites for hydroxylation is 2. The number of ether oxygens (including phenoxy) is 2. The Morgan fingerprint density at radius 3 is 2.57 bits per heavy atom. The van der Waals surface area contributed by atoms with Crippen LogP contribution in [0.5, 0.6) is 11.5 Å². The molecule has 0 unspecified atom stereocenters. The van der Waals surface area contributed by atoms with E-state index in [1.807, 2.05) is 32.0 Å². The Bertz CT molecular complexity index is 682. The van der Waals surface area contributed by atoms with Crippen LogP contribution in [0.1, 0.15) is 21.1 Å². The van der Waals surface area contributed by atoms with E-state index < -0.39 is 0 Å². The third-order valence-corrected chi connectivity index (χ3v) is 4.58.